The SMILES string of the molecule is Cl.NCC1CCCCN1C(=O)C1CC1c1ccc(OCc2ccccc2)cc1. The third kappa shape index (κ3) is 4.68. The minimum Gasteiger partial charge on any atom is -0.489 e. The van der Waals surface area contributed by atoms with Crippen molar-refractivity contribution in [3.8, 4) is 5.75 Å². The summed E-state index contributed by atoms with van der Waals surface area (Å²) in [5, 5.41) is 0. The van der Waals surface area contributed by atoms with Crippen LogP contribution in [0.5, 0.6) is 5.75 Å². The summed E-state index contributed by atoms with van der Waals surface area (Å²) < 4.78 is 5.86. The van der Waals surface area contributed by atoms with Gasteiger partial charge >= 0.3 is 0 Å². The van der Waals surface area contributed by atoms with Gasteiger partial charge in [0.1, 0.15) is 12.4 Å². The van der Waals surface area contributed by atoms with Crippen LogP contribution < -0.4 is 10.5 Å². The van der Waals surface area contributed by atoms with E-state index in [0.717, 1.165) is 37.1 Å². The van der Waals surface area contributed by atoms with Gasteiger partial charge in [0.25, 0.3) is 0 Å². The number of carbonyl (C=O) groups excluding carboxylic acids is 1. The normalized spacial score (nSPS) is 23.6. The van der Waals surface area contributed by atoms with E-state index < -0.39 is 0 Å². The molecule has 1 aliphatic heterocycles. The zero-order valence-electron chi connectivity index (χ0n) is 16.1. The predicted octanol–water partition coefficient (Wildman–Crippen LogP) is 4.13. The molecule has 3 atom stereocenters. The molecule has 1 saturated carbocycles. The maximum atomic E-state index is 12.9. The molecule has 2 aromatic carbocycles. The van der Waals surface area contributed by atoms with E-state index in [1.165, 1.54) is 12.0 Å². The molecule has 150 valence electrons. The molecule has 0 radical (unpaired) electrons. The van der Waals surface area contributed by atoms with Gasteiger partial charge in [0.15, 0.2) is 0 Å². The zero-order valence-corrected chi connectivity index (χ0v) is 16.9. The Balaban J connectivity index is 0.00000225. The molecule has 2 aromatic rings. The van der Waals surface area contributed by atoms with Crippen molar-refractivity contribution in [2.45, 2.75) is 44.2 Å². The minimum absolute atomic E-state index is 0. The first kappa shape index (κ1) is 20.7. The van der Waals surface area contributed by atoms with Crippen molar-refractivity contribution in [3.63, 3.8) is 0 Å². The molecule has 1 aliphatic carbocycles. The van der Waals surface area contributed by atoms with Gasteiger partial charge in [-0.25, -0.2) is 0 Å². The summed E-state index contributed by atoms with van der Waals surface area (Å²) in [5.41, 5.74) is 8.27. The van der Waals surface area contributed by atoms with Gasteiger partial charge in [-0.05, 0) is 54.9 Å². The number of piperidine rings is 1. The highest BCUT2D eigenvalue weighted by molar-refractivity contribution is 5.85. The largest absolute Gasteiger partial charge is 0.489 e. The molecular formula is C23H29ClN2O2. The summed E-state index contributed by atoms with van der Waals surface area (Å²) in [6.07, 6.45) is 4.29. The standard InChI is InChI=1S/C23H28N2O2.ClH/c24-15-19-8-4-5-13-25(19)23(26)22-14-21(22)18-9-11-20(12-10-18)27-16-17-6-2-1-3-7-17;/h1-3,6-7,9-12,19,21-22H,4-5,8,13-16,24H2;1H. The van der Waals surface area contributed by atoms with Crippen LogP contribution >= 0.6 is 12.4 Å². The van der Waals surface area contributed by atoms with Crippen LogP contribution in [0.3, 0.4) is 0 Å². The maximum Gasteiger partial charge on any atom is 0.226 e. The number of amides is 1. The van der Waals surface area contributed by atoms with Gasteiger partial charge in [-0.2, -0.15) is 0 Å². The lowest BCUT2D eigenvalue weighted by atomic mass is 10.0. The maximum absolute atomic E-state index is 12.9. The van der Waals surface area contributed by atoms with E-state index in [2.05, 4.69) is 24.3 Å². The van der Waals surface area contributed by atoms with Crippen LogP contribution in [0.25, 0.3) is 0 Å². The molecule has 28 heavy (non-hydrogen) atoms. The fourth-order valence-electron chi connectivity index (χ4n) is 4.14. The van der Waals surface area contributed by atoms with E-state index in [1.54, 1.807) is 0 Å². The van der Waals surface area contributed by atoms with E-state index in [4.69, 9.17) is 10.5 Å². The molecule has 1 saturated heterocycles. The van der Waals surface area contributed by atoms with Gasteiger partial charge < -0.3 is 15.4 Å². The smallest absolute Gasteiger partial charge is 0.226 e. The molecule has 0 bridgehead atoms. The van der Waals surface area contributed by atoms with Crippen molar-refractivity contribution >= 4 is 18.3 Å². The highest BCUT2D eigenvalue weighted by Crippen LogP contribution is 2.49. The molecule has 1 amide bonds. The fourth-order valence-corrected chi connectivity index (χ4v) is 4.14. The van der Waals surface area contributed by atoms with Crippen LogP contribution in [0.1, 0.15) is 42.7 Å². The van der Waals surface area contributed by atoms with Crippen LogP contribution in [-0.4, -0.2) is 29.9 Å². The van der Waals surface area contributed by atoms with Crippen molar-refractivity contribution in [2.75, 3.05) is 13.1 Å². The Labute approximate surface area is 173 Å². The lowest BCUT2D eigenvalue weighted by Gasteiger charge is -2.35. The minimum atomic E-state index is 0. The Morgan fingerprint density at radius 2 is 1.82 bits per heavy atom. The molecular weight excluding hydrogens is 372 g/mol. The third-order valence-electron chi connectivity index (χ3n) is 5.85. The van der Waals surface area contributed by atoms with Gasteiger partial charge in [0, 0.05) is 25.0 Å². The Kier molecular flexibility index (Phi) is 6.97. The molecule has 2 fully saturated rings. The van der Waals surface area contributed by atoms with Gasteiger partial charge in [-0.3, -0.25) is 4.79 Å². The number of hydrogen-bond acceptors (Lipinski definition) is 3. The summed E-state index contributed by atoms with van der Waals surface area (Å²) in [4.78, 5) is 14.9. The van der Waals surface area contributed by atoms with Crippen molar-refractivity contribution < 1.29 is 9.53 Å². The average molecular weight is 401 g/mol. The van der Waals surface area contributed by atoms with Crippen LogP contribution in [0.15, 0.2) is 54.6 Å². The Bertz CT molecular complexity index is 766. The number of likely N-dealkylation sites (tertiary alicyclic amines) is 1. The fraction of sp³-hybridized carbons (Fsp3) is 0.435. The van der Waals surface area contributed by atoms with Crippen LogP contribution in [0.4, 0.5) is 0 Å². The molecule has 4 rings (SSSR count). The first-order valence-electron chi connectivity index (χ1n) is 10.0. The number of ether oxygens (including phenoxy) is 1. The van der Waals surface area contributed by atoms with Crippen molar-refractivity contribution in [3.05, 3.63) is 65.7 Å². The third-order valence-corrected chi connectivity index (χ3v) is 5.85. The summed E-state index contributed by atoms with van der Waals surface area (Å²) >= 11 is 0. The van der Waals surface area contributed by atoms with Crippen molar-refractivity contribution in [1.29, 1.82) is 0 Å². The van der Waals surface area contributed by atoms with E-state index in [-0.39, 0.29) is 24.4 Å². The first-order chi connectivity index (χ1) is 13.3. The second-order valence-corrected chi connectivity index (χ2v) is 7.71. The molecule has 0 aromatic heterocycles. The van der Waals surface area contributed by atoms with Crippen LogP contribution in [0.2, 0.25) is 0 Å². The Morgan fingerprint density at radius 3 is 2.54 bits per heavy atom. The van der Waals surface area contributed by atoms with Crippen molar-refractivity contribution in [1.82, 2.24) is 4.90 Å². The zero-order chi connectivity index (χ0) is 18.6. The summed E-state index contributed by atoms with van der Waals surface area (Å²) in [5.74, 6) is 1.65. The number of nitrogens with two attached hydrogens (primary N) is 1. The van der Waals surface area contributed by atoms with Crippen LogP contribution in [-0.2, 0) is 11.4 Å². The van der Waals surface area contributed by atoms with E-state index in [9.17, 15) is 4.79 Å². The number of carbonyl (C=O) groups is 1. The number of nitrogens with zero attached hydrogens (tertiary/aromatic N) is 1. The van der Waals surface area contributed by atoms with Gasteiger partial charge in [0.2, 0.25) is 5.91 Å². The van der Waals surface area contributed by atoms with Crippen LogP contribution in [0, 0.1) is 5.92 Å². The molecule has 3 unspecified atom stereocenters. The molecule has 5 heteroatoms. The highest BCUT2D eigenvalue weighted by Gasteiger charge is 2.46. The number of halogens is 1. The predicted molar refractivity (Wildman–Crippen MR) is 114 cm³/mol. The molecule has 0 spiro atoms. The summed E-state index contributed by atoms with van der Waals surface area (Å²) in [6, 6.07) is 18.6. The van der Waals surface area contributed by atoms with Crippen molar-refractivity contribution in [2.24, 2.45) is 11.7 Å². The summed E-state index contributed by atoms with van der Waals surface area (Å²) in [6.45, 7) is 2.02. The monoisotopic (exact) mass is 400 g/mol. The Morgan fingerprint density at radius 1 is 1.07 bits per heavy atom. The topological polar surface area (TPSA) is 55.6 Å². The average Bonchev–Trinajstić information content (AvgIpc) is 3.54. The van der Waals surface area contributed by atoms with Gasteiger partial charge in [-0.15, -0.1) is 12.4 Å². The highest BCUT2D eigenvalue weighted by atomic mass is 35.5. The van der Waals surface area contributed by atoms with E-state index >= 15 is 0 Å². The van der Waals surface area contributed by atoms with Gasteiger partial charge in [-0.1, -0.05) is 42.5 Å². The lowest BCUT2D eigenvalue weighted by Crippen LogP contribution is -2.48. The van der Waals surface area contributed by atoms with E-state index in [1.807, 2.05) is 35.2 Å². The van der Waals surface area contributed by atoms with Gasteiger partial charge in [0.05, 0.1) is 0 Å². The molecule has 1 heterocycles. The Hall–Kier alpha value is -2.04. The number of benzene rings is 2. The quantitative estimate of drug-likeness (QED) is 0.793. The van der Waals surface area contributed by atoms with E-state index in [0.29, 0.717) is 25.0 Å². The first-order valence-corrected chi connectivity index (χ1v) is 10.0. The summed E-state index contributed by atoms with van der Waals surface area (Å²) in [7, 11) is 0. The lowest BCUT2D eigenvalue weighted by molar-refractivity contribution is -0.136. The second kappa shape index (κ2) is 9.44. The molecule has 2 aliphatic rings. The number of hydrogen-bond donors (Lipinski definition) is 1. The molecule has 4 nitrogen and oxygen atoms in total. The number of rotatable bonds is 6. The second-order valence-electron chi connectivity index (χ2n) is 7.71. The molecule has 2 N–H and O–H groups in total.